The Morgan fingerprint density at radius 2 is 1.26 bits per heavy atom. The number of aryl methyl sites for hydroxylation is 1. The van der Waals surface area contributed by atoms with Crippen molar-refractivity contribution in [1.82, 2.24) is 9.97 Å². The fourth-order valence-electron chi connectivity index (χ4n) is 5.00. The van der Waals surface area contributed by atoms with Gasteiger partial charge in [0.25, 0.3) is 0 Å². The number of aromatic nitrogens is 2. The maximum absolute atomic E-state index is 14.3. The number of rotatable bonds is 23. The van der Waals surface area contributed by atoms with Gasteiger partial charge in [0.15, 0.2) is 5.82 Å². The van der Waals surface area contributed by atoms with E-state index in [1.54, 1.807) is 0 Å². The Labute approximate surface area is 233 Å². The predicted octanol–water partition coefficient (Wildman–Crippen LogP) is 10.7. The fraction of sp³-hybridized carbons (Fsp3) is 0.706. The first-order valence-corrected chi connectivity index (χ1v) is 15.8. The quantitative estimate of drug-likeness (QED) is 0.135. The van der Waals surface area contributed by atoms with E-state index in [-0.39, 0.29) is 0 Å². The molecule has 0 N–H and O–H groups in total. The summed E-state index contributed by atoms with van der Waals surface area (Å²) in [6.07, 6.45) is 24.7. The second kappa shape index (κ2) is 20.9. The SMILES string of the molecule is CCCCCCCCCCCc1cnc(-c2ccc(OCCC(F)CCCC(C)CCCCC)cc2)nc1. The Bertz CT molecular complexity index is 808. The van der Waals surface area contributed by atoms with Crippen LogP contribution in [0.5, 0.6) is 5.75 Å². The van der Waals surface area contributed by atoms with Gasteiger partial charge in [-0.25, -0.2) is 14.4 Å². The van der Waals surface area contributed by atoms with E-state index in [9.17, 15) is 4.39 Å². The lowest BCUT2D eigenvalue weighted by atomic mass is 9.96. The van der Waals surface area contributed by atoms with Gasteiger partial charge in [0.1, 0.15) is 11.9 Å². The molecule has 0 aliphatic carbocycles. The monoisotopic (exact) mass is 526 g/mol. The van der Waals surface area contributed by atoms with Crippen molar-refractivity contribution >= 4 is 0 Å². The zero-order valence-electron chi connectivity index (χ0n) is 24.7. The van der Waals surface area contributed by atoms with Crippen LogP contribution in [0, 0.1) is 5.92 Å². The average molecular weight is 527 g/mol. The van der Waals surface area contributed by atoms with Gasteiger partial charge in [-0.3, -0.25) is 0 Å². The van der Waals surface area contributed by atoms with Gasteiger partial charge in [-0.2, -0.15) is 0 Å². The van der Waals surface area contributed by atoms with Crippen LogP contribution in [0.3, 0.4) is 0 Å². The third kappa shape index (κ3) is 14.8. The molecule has 2 unspecified atom stereocenters. The lowest BCUT2D eigenvalue weighted by Gasteiger charge is -2.13. The number of ether oxygens (including phenoxy) is 1. The molecule has 1 aromatic heterocycles. The second-order valence-electron chi connectivity index (χ2n) is 11.3. The third-order valence-electron chi connectivity index (χ3n) is 7.60. The molecule has 1 aromatic carbocycles. The van der Waals surface area contributed by atoms with Gasteiger partial charge in [0.05, 0.1) is 6.61 Å². The van der Waals surface area contributed by atoms with E-state index >= 15 is 0 Å². The number of unbranched alkanes of at least 4 members (excludes halogenated alkanes) is 10. The number of nitrogens with zero attached hydrogens (tertiary/aromatic N) is 2. The molecule has 2 aromatic rings. The van der Waals surface area contributed by atoms with Crippen LogP contribution < -0.4 is 4.74 Å². The molecule has 0 spiro atoms. The van der Waals surface area contributed by atoms with Crippen molar-refractivity contribution in [2.45, 2.75) is 143 Å². The van der Waals surface area contributed by atoms with Crippen LogP contribution in [-0.4, -0.2) is 22.7 Å². The molecule has 2 rings (SSSR count). The van der Waals surface area contributed by atoms with E-state index < -0.39 is 6.17 Å². The van der Waals surface area contributed by atoms with E-state index in [0.29, 0.717) is 25.4 Å². The summed E-state index contributed by atoms with van der Waals surface area (Å²) in [4.78, 5) is 9.16. The molecule has 3 nitrogen and oxygen atoms in total. The second-order valence-corrected chi connectivity index (χ2v) is 11.3. The van der Waals surface area contributed by atoms with E-state index in [1.165, 1.54) is 89.0 Å². The number of hydrogen-bond acceptors (Lipinski definition) is 3. The number of alkyl halides is 1. The fourth-order valence-corrected chi connectivity index (χ4v) is 5.00. The summed E-state index contributed by atoms with van der Waals surface area (Å²) in [5.74, 6) is 2.22. The molecule has 0 amide bonds. The summed E-state index contributed by atoms with van der Waals surface area (Å²) in [7, 11) is 0. The Morgan fingerprint density at radius 3 is 1.92 bits per heavy atom. The normalized spacial score (nSPS) is 12.9. The van der Waals surface area contributed by atoms with Crippen LogP contribution in [-0.2, 0) is 6.42 Å². The summed E-state index contributed by atoms with van der Waals surface area (Å²) in [5, 5.41) is 0. The maximum atomic E-state index is 14.3. The zero-order valence-corrected chi connectivity index (χ0v) is 24.7. The van der Waals surface area contributed by atoms with Gasteiger partial charge >= 0.3 is 0 Å². The van der Waals surface area contributed by atoms with Gasteiger partial charge in [-0.15, -0.1) is 0 Å². The van der Waals surface area contributed by atoms with Crippen LogP contribution in [0.1, 0.15) is 135 Å². The molecule has 0 saturated heterocycles. The van der Waals surface area contributed by atoms with Gasteiger partial charge in [-0.05, 0) is 55.0 Å². The molecule has 0 aliphatic heterocycles. The lowest BCUT2D eigenvalue weighted by molar-refractivity contribution is 0.220. The molecule has 0 aliphatic rings. The molecule has 0 radical (unpaired) electrons. The first-order valence-electron chi connectivity index (χ1n) is 15.8. The van der Waals surface area contributed by atoms with Crippen molar-refractivity contribution in [3.05, 3.63) is 42.2 Å². The topological polar surface area (TPSA) is 35.0 Å². The maximum Gasteiger partial charge on any atom is 0.159 e. The summed E-state index contributed by atoms with van der Waals surface area (Å²) in [6.45, 7) is 7.22. The predicted molar refractivity (Wildman–Crippen MR) is 161 cm³/mol. The van der Waals surface area contributed by atoms with Gasteiger partial charge < -0.3 is 4.74 Å². The molecule has 2 atom stereocenters. The molecule has 38 heavy (non-hydrogen) atoms. The number of benzene rings is 1. The van der Waals surface area contributed by atoms with Gasteiger partial charge in [0, 0.05) is 24.4 Å². The smallest absolute Gasteiger partial charge is 0.159 e. The highest BCUT2D eigenvalue weighted by Crippen LogP contribution is 2.21. The van der Waals surface area contributed by atoms with Crippen molar-refractivity contribution in [2.24, 2.45) is 5.92 Å². The van der Waals surface area contributed by atoms with Crippen molar-refractivity contribution in [2.75, 3.05) is 6.61 Å². The Kier molecular flexibility index (Phi) is 17.8. The highest BCUT2D eigenvalue weighted by Gasteiger charge is 2.09. The Balaban J connectivity index is 1.59. The van der Waals surface area contributed by atoms with E-state index in [1.807, 2.05) is 36.7 Å². The molecular weight excluding hydrogens is 471 g/mol. The van der Waals surface area contributed by atoms with Crippen LogP contribution >= 0.6 is 0 Å². The summed E-state index contributed by atoms with van der Waals surface area (Å²) < 4.78 is 20.1. The average Bonchev–Trinajstić information content (AvgIpc) is 2.93. The minimum atomic E-state index is -0.778. The molecule has 0 bridgehead atoms. The number of halogens is 1. The first-order chi connectivity index (χ1) is 18.6. The zero-order chi connectivity index (χ0) is 27.3. The van der Waals surface area contributed by atoms with Gasteiger partial charge in [0.2, 0.25) is 0 Å². The van der Waals surface area contributed by atoms with Crippen molar-refractivity contribution < 1.29 is 9.13 Å². The first kappa shape index (κ1) is 32.2. The van der Waals surface area contributed by atoms with Crippen LogP contribution in [0.25, 0.3) is 11.4 Å². The summed E-state index contributed by atoms with van der Waals surface area (Å²) in [5.41, 5.74) is 2.19. The highest BCUT2D eigenvalue weighted by atomic mass is 19.1. The Morgan fingerprint density at radius 1 is 0.684 bits per heavy atom. The molecule has 214 valence electrons. The third-order valence-corrected chi connectivity index (χ3v) is 7.60. The minimum absolute atomic E-state index is 0.413. The molecule has 1 heterocycles. The van der Waals surface area contributed by atoms with Crippen molar-refractivity contribution in [3.63, 3.8) is 0 Å². The lowest BCUT2D eigenvalue weighted by Crippen LogP contribution is -2.08. The summed E-state index contributed by atoms with van der Waals surface area (Å²) in [6, 6.07) is 7.83. The molecular formula is C34H55FN2O. The minimum Gasteiger partial charge on any atom is -0.493 e. The van der Waals surface area contributed by atoms with E-state index in [0.717, 1.165) is 36.4 Å². The standard InChI is InChI=1S/C34H55FN2O/c1-4-6-8-9-10-11-12-13-15-19-30-27-36-34(37-28-30)31-21-23-33(24-22-31)38-26-25-32(35)20-16-18-29(3)17-14-7-5-2/h21-24,27-29,32H,4-20,25-26H2,1-3H3. The van der Waals surface area contributed by atoms with Crippen molar-refractivity contribution in [3.8, 4) is 17.1 Å². The van der Waals surface area contributed by atoms with Crippen molar-refractivity contribution in [1.29, 1.82) is 0 Å². The highest BCUT2D eigenvalue weighted by molar-refractivity contribution is 5.55. The van der Waals surface area contributed by atoms with Crippen LogP contribution in [0.4, 0.5) is 4.39 Å². The molecule has 4 heteroatoms. The molecule has 0 saturated carbocycles. The van der Waals surface area contributed by atoms with Crippen LogP contribution in [0.2, 0.25) is 0 Å². The Hall–Kier alpha value is -1.97. The van der Waals surface area contributed by atoms with E-state index in [2.05, 4.69) is 30.7 Å². The van der Waals surface area contributed by atoms with Gasteiger partial charge in [-0.1, -0.05) is 111 Å². The largest absolute Gasteiger partial charge is 0.493 e. The summed E-state index contributed by atoms with van der Waals surface area (Å²) >= 11 is 0. The molecule has 0 fully saturated rings. The number of hydrogen-bond donors (Lipinski definition) is 0. The van der Waals surface area contributed by atoms with E-state index in [4.69, 9.17) is 4.74 Å². The van der Waals surface area contributed by atoms with Crippen LogP contribution in [0.15, 0.2) is 36.7 Å².